The van der Waals surface area contributed by atoms with Crippen LogP contribution in [-0.2, 0) is 4.46 Å². The summed E-state index contributed by atoms with van der Waals surface area (Å²) in [7, 11) is -3.63. The van der Waals surface area contributed by atoms with Crippen LogP contribution < -0.4 is 68.7 Å². The Morgan fingerprint density at radius 3 is 0.533 bits per heavy atom. The topological polar surface area (TPSA) is 347 Å². The smallest absolute Gasteiger partial charge is 0.672 e. The van der Waals surface area contributed by atoms with E-state index in [4.69, 9.17) is 14.1 Å². The van der Waals surface area contributed by atoms with Gasteiger partial charge in [-0.25, -0.2) is 0 Å². The quantitative estimate of drug-likeness (QED) is 0.390. The Bertz CT molecular complexity index is 36.6. The number of hydrogen-bond acceptors (Lipinski definition) is 3. The Morgan fingerprint density at radius 1 is 0.533 bits per heavy atom. The van der Waals surface area contributed by atoms with Crippen molar-refractivity contribution in [1.29, 1.82) is 0 Å². The zero-order valence-corrected chi connectivity index (χ0v) is 13.2. The first-order chi connectivity index (χ1) is 1.73. The van der Waals surface area contributed by atoms with Crippen molar-refractivity contribution < 1.29 is 122 Å². The van der Waals surface area contributed by atoms with E-state index in [1.165, 1.54) is 0 Å². The first-order valence-corrected chi connectivity index (χ1v) is 1.84. The van der Waals surface area contributed by atoms with Gasteiger partial charge in [-0.2, -0.15) is 0 Å². The van der Waals surface area contributed by atoms with Crippen LogP contribution in [0.4, 0.5) is 0 Å². The predicted molar refractivity (Wildman–Crippen MR) is 39.0 cm³/mol. The second-order valence-corrected chi connectivity index (χ2v) is 0.750. The molecule has 0 spiro atoms. The van der Waals surface area contributed by atoms with E-state index in [9.17, 15) is 0 Å². The van der Waals surface area contributed by atoms with Gasteiger partial charge >= 0.3 is 59.1 Å². The van der Waals surface area contributed by atoms with Crippen LogP contribution in [0.15, 0.2) is 0 Å². The summed E-state index contributed by atoms with van der Waals surface area (Å²) >= 11 is 0. The van der Waals surface area contributed by atoms with Crippen LogP contribution in [0.5, 0.6) is 0 Å². The third-order valence-corrected chi connectivity index (χ3v) is 0. The van der Waals surface area contributed by atoms with E-state index in [1.54, 1.807) is 0 Å². The van der Waals surface area contributed by atoms with Gasteiger partial charge in [0.1, 0.15) is 0 Å². The molecule has 0 atom stereocenters. The minimum Gasteiger partial charge on any atom is -0.672 e. The van der Waals surface area contributed by atoms with Gasteiger partial charge in [0, 0.05) is 9.17 Å². The van der Waals surface area contributed by atoms with Crippen molar-refractivity contribution in [3.8, 4) is 0 Å². The SMILES string of the molecule is O.O.O.O.O.O.O.O.O.O=[Si]([O-])[O-].[Na+].[Na+]. The van der Waals surface area contributed by atoms with Crippen LogP contribution in [0.25, 0.3) is 0 Å². The summed E-state index contributed by atoms with van der Waals surface area (Å²) in [6, 6.07) is 0. The molecule has 0 aromatic heterocycles. The van der Waals surface area contributed by atoms with Crippen LogP contribution in [0, 0.1) is 0 Å². The largest absolute Gasteiger partial charge is 1.00 e. The molecule has 0 bridgehead atoms. The molecule has 0 aromatic rings. The average Bonchev–Trinajstić information content (AvgIpc) is 0.811. The van der Waals surface area contributed by atoms with Crippen LogP contribution in [0.1, 0.15) is 0 Å². The van der Waals surface area contributed by atoms with Crippen LogP contribution in [-0.4, -0.2) is 58.5 Å². The molecule has 96 valence electrons. The summed E-state index contributed by atoms with van der Waals surface area (Å²) in [6.45, 7) is 0. The molecule has 0 rings (SSSR count). The molecule has 12 nitrogen and oxygen atoms in total. The molecule has 0 unspecified atom stereocenters. The molecule has 0 aliphatic heterocycles. The molecule has 0 radical (unpaired) electrons. The molecule has 15 heavy (non-hydrogen) atoms. The van der Waals surface area contributed by atoms with E-state index in [1.807, 2.05) is 0 Å². The van der Waals surface area contributed by atoms with Gasteiger partial charge in [0.2, 0.25) is 0 Å². The summed E-state index contributed by atoms with van der Waals surface area (Å²) in [5.41, 5.74) is 0. The molecule has 0 heterocycles. The molecule has 0 saturated carbocycles. The van der Waals surface area contributed by atoms with E-state index in [-0.39, 0.29) is 108 Å². The van der Waals surface area contributed by atoms with Gasteiger partial charge in [-0.3, -0.25) is 0 Å². The van der Waals surface area contributed by atoms with Crippen LogP contribution in [0.3, 0.4) is 0 Å². The van der Waals surface area contributed by atoms with E-state index < -0.39 is 9.17 Å². The maximum absolute atomic E-state index is 8.52. The van der Waals surface area contributed by atoms with Gasteiger partial charge in [-0.05, 0) is 0 Å². The molecular formula is H18Na2O12Si. The van der Waals surface area contributed by atoms with Crippen molar-refractivity contribution >= 4 is 9.17 Å². The fraction of sp³-hybridized carbons (Fsp3) is 0. The van der Waals surface area contributed by atoms with Crippen LogP contribution >= 0.6 is 0 Å². The summed E-state index contributed by atoms with van der Waals surface area (Å²) in [5.74, 6) is 0. The Morgan fingerprint density at radius 2 is 0.533 bits per heavy atom. The van der Waals surface area contributed by atoms with Crippen LogP contribution in [0.2, 0.25) is 0 Å². The molecular weight excluding hydrogens is 266 g/mol. The summed E-state index contributed by atoms with van der Waals surface area (Å²) in [5, 5.41) is 0. The normalized spacial score (nSPS) is 1.60. The number of rotatable bonds is 0. The second kappa shape index (κ2) is 171. The second-order valence-electron chi connectivity index (χ2n) is 0.250. The Balaban J connectivity index is -0.000000000818. The van der Waals surface area contributed by atoms with Crippen molar-refractivity contribution in [3.05, 3.63) is 0 Å². The zero-order valence-electron chi connectivity index (χ0n) is 8.22. The predicted octanol–water partition coefficient (Wildman–Crippen LogP) is -16.3. The van der Waals surface area contributed by atoms with E-state index in [2.05, 4.69) is 0 Å². The first kappa shape index (κ1) is 209. The molecule has 0 aromatic carbocycles. The minimum atomic E-state index is -3.63. The van der Waals surface area contributed by atoms with Crippen molar-refractivity contribution in [2.45, 2.75) is 0 Å². The Kier molecular flexibility index (Phi) is 2380. The van der Waals surface area contributed by atoms with Crippen molar-refractivity contribution in [2.24, 2.45) is 0 Å². The van der Waals surface area contributed by atoms with Gasteiger partial charge in [0.15, 0.2) is 0 Å². The third-order valence-electron chi connectivity index (χ3n) is 0. The molecule has 0 amide bonds. The summed E-state index contributed by atoms with van der Waals surface area (Å²) in [6.07, 6.45) is 0. The maximum atomic E-state index is 8.52. The minimum absolute atomic E-state index is 0. The van der Waals surface area contributed by atoms with Gasteiger partial charge < -0.3 is 63.3 Å². The van der Waals surface area contributed by atoms with Crippen molar-refractivity contribution in [2.75, 3.05) is 0 Å². The fourth-order valence-corrected chi connectivity index (χ4v) is 0. The Labute approximate surface area is 131 Å². The standard InChI is InChI=1S/2Na.O3Si.9H2O/c;;1-4(2)3;;;;;;;;;/h;;;9*1H2/q2*+1;-2;;;;;;;;;. The maximum Gasteiger partial charge on any atom is 1.00 e. The van der Waals surface area contributed by atoms with Gasteiger partial charge in [0.05, 0.1) is 0 Å². The van der Waals surface area contributed by atoms with Crippen molar-refractivity contribution in [3.63, 3.8) is 0 Å². The van der Waals surface area contributed by atoms with E-state index in [0.29, 0.717) is 0 Å². The monoisotopic (exact) mass is 284 g/mol. The van der Waals surface area contributed by atoms with Crippen molar-refractivity contribution in [1.82, 2.24) is 0 Å². The summed E-state index contributed by atoms with van der Waals surface area (Å²) in [4.78, 5) is 17.0. The first-order valence-electron chi connectivity index (χ1n) is 0.612. The van der Waals surface area contributed by atoms with Gasteiger partial charge in [-0.15, -0.1) is 0 Å². The van der Waals surface area contributed by atoms with Gasteiger partial charge in [0.25, 0.3) is 0 Å². The Hall–Kier alpha value is 1.26. The fourth-order valence-electron chi connectivity index (χ4n) is 0. The average molecular weight is 284 g/mol. The molecule has 18 N–H and O–H groups in total. The molecule has 15 heteroatoms. The molecule has 0 fully saturated rings. The summed E-state index contributed by atoms with van der Waals surface area (Å²) < 4.78 is 8.52. The van der Waals surface area contributed by atoms with Gasteiger partial charge in [-0.1, -0.05) is 0 Å². The van der Waals surface area contributed by atoms with E-state index in [0.717, 1.165) is 0 Å². The zero-order chi connectivity index (χ0) is 3.58. The molecule has 0 saturated heterocycles. The third kappa shape index (κ3) is 1700. The molecule has 0 aliphatic rings. The van der Waals surface area contributed by atoms with E-state index >= 15 is 0 Å². The molecule has 0 aliphatic carbocycles. The number of hydrogen-bond donors (Lipinski definition) is 0.